The largest absolute Gasteiger partial charge is 0.307 e. The van der Waals surface area contributed by atoms with Crippen molar-refractivity contribution in [1.29, 1.82) is 0 Å². The molecule has 80 valence electrons. The molecule has 1 fully saturated rings. The maximum Gasteiger partial charge on any atom is 0.176 e. The summed E-state index contributed by atoms with van der Waals surface area (Å²) in [6.45, 7) is 4.49. The van der Waals surface area contributed by atoms with Crippen molar-refractivity contribution in [3.05, 3.63) is 34.9 Å². The number of benzene rings is 1. The molecular weight excluding hydrogens is 186 g/mol. The minimum atomic E-state index is 0.211. The fourth-order valence-corrected chi connectivity index (χ4v) is 1.66. The average molecular weight is 203 g/mol. The first-order chi connectivity index (χ1) is 7.16. The van der Waals surface area contributed by atoms with Crippen LogP contribution in [0.25, 0.3) is 0 Å². The van der Waals surface area contributed by atoms with Crippen LogP contribution >= 0.6 is 0 Å². The van der Waals surface area contributed by atoms with Crippen LogP contribution in [-0.4, -0.2) is 18.4 Å². The quantitative estimate of drug-likeness (QED) is 0.760. The van der Waals surface area contributed by atoms with Gasteiger partial charge >= 0.3 is 0 Å². The molecule has 0 spiro atoms. The van der Waals surface area contributed by atoms with Crippen LogP contribution in [0.2, 0.25) is 0 Å². The summed E-state index contributed by atoms with van der Waals surface area (Å²) >= 11 is 0. The van der Waals surface area contributed by atoms with Crippen molar-refractivity contribution in [2.24, 2.45) is 0 Å². The van der Waals surface area contributed by atoms with Crippen molar-refractivity contribution in [3.63, 3.8) is 0 Å². The topological polar surface area (TPSA) is 29.1 Å². The number of aryl methyl sites for hydroxylation is 2. The Morgan fingerprint density at radius 3 is 2.80 bits per heavy atom. The molecule has 2 rings (SSSR count). The summed E-state index contributed by atoms with van der Waals surface area (Å²) < 4.78 is 0. The number of hydrogen-bond donors (Lipinski definition) is 1. The second kappa shape index (κ2) is 4.15. The molecule has 0 amide bonds. The Bertz CT molecular complexity index is 380. The van der Waals surface area contributed by atoms with E-state index in [0.29, 0.717) is 12.6 Å². The summed E-state index contributed by atoms with van der Waals surface area (Å²) in [6, 6.07) is 6.63. The van der Waals surface area contributed by atoms with Crippen molar-refractivity contribution in [1.82, 2.24) is 5.32 Å². The summed E-state index contributed by atoms with van der Waals surface area (Å²) in [6.07, 6.45) is 2.44. The number of carbonyl (C=O) groups excluding carboxylic acids is 1. The third-order valence-corrected chi connectivity index (χ3v) is 2.82. The van der Waals surface area contributed by atoms with Crippen LogP contribution in [0.4, 0.5) is 0 Å². The second-order valence-electron chi connectivity index (χ2n) is 4.40. The minimum absolute atomic E-state index is 0.211. The lowest BCUT2D eigenvalue weighted by Crippen LogP contribution is -2.25. The van der Waals surface area contributed by atoms with Crippen molar-refractivity contribution in [2.45, 2.75) is 32.7 Å². The van der Waals surface area contributed by atoms with Gasteiger partial charge in [-0.2, -0.15) is 0 Å². The van der Waals surface area contributed by atoms with Gasteiger partial charge in [-0.05, 0) is 38.3 Å². The summed E-state index contributed by atoms with van der Waals surface area (Å²) in [7, 11) is 0. The zero-order chi connectivity index (χ0) is 10.8. The number of rotatable bonds is 4. The molecule has 0 atom stereocenters. The fourth-order valence-electron chi connectivity index (χ4n) is 1.66. The van der Waals surface area contributed by atoms with Crippen LogP contribution in [-0.2, 0) is 0 Å². The number of carbonyl (C=O) groups is 1. The Labute approximate surface area is 90.7 Å². The van der Waals surface area contributed by atoms with Crippen LogP contribution in [0.1, 0.15) is 34.3 Å². The molecular formula is C13H17NO. The van der Waals surface area contributed by atoms with Gasteiger partial charge in [-0.25, -0.2) is 0 Å². The van der Waals surface area contributed by atoms with Crippen molar-refractivity contribution in [2.75, 3.05) is 6.54 Å². The van der Waals surface area contributed by atoms with E-state index >= 15 is 0 Å². The summed E-state index contributed by atoms with van der Waals surface area (Å²) in [5.74, 6) is 0.211. The van der Waals surface area contributed by atoms with Crippen LogP contribution in [0.15, 0.2) is 18.2 Å². The van der Waals surface area contributed by atoms with Gasteiger partial charge in [0.25, 0.3) is 0 Å². The average Bonchev–Trinajstić information content (AvgIpc) is 3.02. The van der Waals surface area contributed by atoms with Gasteiger partial charge in [0.05, 0.1) is 6.54 Å². The first-order valence-electron chi connectivity index (χ1n) is 5.50. The molecule has 0 aromatic heterocycles. The molecule has 1 aromatic carbocycles. The molecule has 1 aliphatic rings. The van der Waals surface area contributed by atoms with Gasteiger partial charge < -0.3 is 5.32 Å². The maximum atomic E-state index is 11.9. The molecule has 0 aliphatic heterocycles. The Kier molecular flexibility index (Phi) is 2.87. The van der Waals surface area contributed by atoms with E-state index in [1.807, 2.05) is 32.0 Å². The summed E-state index contributed by atoms with van der Waals surface area (Å²) in [5.41, 5.74) is 3.08. The molecule has 0 radical (unpaired) electrons. The Balaban J connectivity index is 2.05. The molecule has 0 unspecified atom stereocenters. The van der Waals surface area contributed by atoms with E-state index in [4.69, 9.17) is 0 Å². The van der Waals surface area contributed by atoms with Gasteiger partial charge in [0.2, 0.25) is 0 Å². The molecule has 0 saturated heterocycles. The van der Waals surface area contributed by atoms with E-state index in [0.717, 1.165) is 16.7 Å². The monoisotopic (exact) mass is 203 g/mol. The number of ketones is 1. The zero-order valence-electron chi connectivity index (χ0n) is 9.34. The normalized spacial score (nSPS) is 15.3. The Morgan fingerprint density at radius 1 is 1.40 bits per heavy atom. The van der Waals surface area contributed by atoms with E-state index < -0.39 is 0 Å². The van der Waals surface area contributed by atoms with Crippen LogP contribution in [0.3, 0.4) is 0 Å². The second-order valence-corrected chi connectivity index (χ2v) is 4.40. The number of Topliss-reactive ketones (excluding diaryl/α,β-unsaturated/α-hetero) is 1. The Morgan fingerprint density at radius 2 is 2.13 bits per heavy atom. The predicted molar refractivity (Wildman–Crippen MR) is 61.3 cm³/mol. The van der Waals surface area contributed by atoms with Crippen molar-refractivity contribution >= 4 is 5.78 Å². The molecule has 2 heteroatoms. The highest BCUT2D eigenvalue weighted by atomic mass is 16.1. The van der Waals surface area contributed by atoms with Gasteiger partial charge in [-0.3, -0.25) is 4.79 Å². The van der Waals surface area contributed by atoms with Gasteiger partial charge in [0.15, 0.2) is 5.78 Å². The lowest BCUT2D eigenvalue weighted by Gasteiger charge is -2.06. The zero-order valence-corrected chi connectivity index (χ0v) is 9.34. The molecule has 0 heterocycles. The van der Waals surface area contributed by atoms with Gasteiger partial charge in [0, 0.05) is 11.6 Å². The third kappa shape index (κ3) is 2.66. The highest BCUT2D eigenvalue weighted by Gasteiger charge is 2.21. The Hall–Kier alpha value is -1.15. The smallest absolute Gasteiger partial charge is 0.176 e. The minimum Gasteiger partial charge on any atom is -0.307 e. The standard InChI is InChI=1S/C13H17NO/c1-9-3-4-10(2)12(7-9)13(15)8-14-11-5-6-11/h3-4,7,11,14H,5-6,8H2,1-2H3. The molecule has 1 saturated carbocycles. The van der Waals surface area contributed by atoms with Gasteiger partial charge in [-0.15, -0.1) is 0 Å². The molecule has 15 heavy (non-hydrogen) atoms. The van der Waals surface area contributed by atoms with E-state index in [1.165, 1.54) is 12.8 Å². The fraction of sp³-hybridized carbons (Fsp3) is 0.462. The lowest BCUT2D eigenvalue weighted by molar-refractivity contribution is 0.0990. The predicted octanol–water partition coefficient (Wildman–Crippen LogP) is 2.24. The number of nitrogens with one attached hydrogen (secondary N) is 1. The van der Waals surface area contributed by atoms with E-state index in [9.17, 15) is 4.79 Å². The summed E-state index contributed by atoms with van der Waals surface area (Å²) in [4.78, 5) is 11.9. The van der Waals surface area contributed by atoms with Crippen LogP contribution in [0.5, 0.6) is 0 Å². The first-order valence-corrected chi connectivity index (χ1v) is 5.50. The van der Waals surface area contributed by atoms with Gasteiger partial charge in [0.1, 0.15) is 0 Å². The van der Waals surface area contributed by atoms with Crippen LogP contribution < -0.4 is 5.32 Å². The molecule has 0 bridgehead atoms. The summed E-state index contributed by atoms with van der Waals surface area (Å²) in [5, 5.41) is 3.25. The first kappa shape index (κ1) is 10.4. The van der Waals surface area contributed by atoms with Crippen molar-refractivity contribution in [3.8, 4) is 0 Å². The molecule has 1 aliphatic carbocycles. The highest BCUT2D eigenvalue weighted by molar-refractivity contribution is 5.99. The molecule has 1 aromatic rings. The lowest BCUT2D eigenvalue weighted by atomic mass is 10.0. The highest BCUT2D eigenvalue weighted by Crippen LogP contribution is 2.18. The van der Waals surface area contributed by atoms with E-state index in [2.05, 4.69) is 5.32 Å². The van der Waals surface area contributed by atoms with Crippen molar-refractivity contribution < 1.29 is 4.79 Å². The van der Waals surface area contributed by atoms with Gasteiger partial charge in [-0.1, -0.05) is 17.7 Å². The SMILES string of the molecule is Cc1ccc(C)c(C(=O)CNC2CC2)c1. The molecule has 2 nitrogen and oxygen atoms in total. The van der Waals surface area contributed by atoms with E-state index in [-0.39, 0.29) is 5.78 Å². The maximum absolute atomic E-state index is 11.9. The number of hydrogen-bond acceptors (Lipinski definition) is 2. The van der Waals surface area contributed by atoms with Crippen LogP contribution in [0, 0.1) is 13.8 Å². The molecule has 1 N–H and O–H groups in total. The van der Waals surface area contributed by atoms with E-state index in [1.54, 1.807) is 0 Å². The third-order valence-electron chi connectivity index (χ3n) is 2.82.